The first-order valence-corrected chi connectivity index (χ1v) is 8.77. The smallest absolute Gasteiger partial charge is 0.344 e. The number of ketones is 1. The highest BCUT2D eigenvalue weighted by atomic mass is 16.6. The van der Waals surface area contributed by atoms with Crippen LogP contribution in [0.15, 0.2) is 78.9 Å². The van der Waals surface area contributed by atoms with Gasteiger partial charge in [-0.2, -0.15) is 0 Å². The summed E-state index contributed by atoms with van der Waals surface area (Å²) < 4.78 is 15.6. The van der Waals surface area contributed by atoms with Crippen LogP contribution in [0.2, 0.25) is 0 Å². The Bertz CT molecular complexity index is 933. The van der Waals surface area contributed by atoms with Crippen LogP contribution in [0.5, 0.6) is 11.5 Å². The van der Waals surface area contributed by atoms with Gasteiger partial charge in [0.05, 0.1) is 12.7 Å². The minimum absolute atomic E-state index is 0.274. The van der Waals surface area contributed by atoms with Crippen molar-refractivity contribution in [3.8, 4) is 22.6 Å². The Morgan fingerprint density at radius 3 is 2.11 bits per heavy atom. The van der Waals surface area contributed by atoms with Gasteiger partial charge in [0.15, 0.2) is 13.2 Å². The predicted molar refractivity (Wildman–Crippen MR) is 106 cm³/mol. The number of hydrogen-bond donors (Lipinski definition) is 0. The molecule has 3 rings (SSSR count). The van der Waals surface area contributed by atoms with E-state index in [1.54, 1.807) is 36.4 Å². The molecule has 28 heavy (non-hydrogen) atoms. The molecule has 0 N–H and O–H groups in total. The van der Waals surface area contributed by atoms with E-state index in [9.17, 15) is 9.59 Å². The Morgan fingerprint density at radius 2 is 1.39 bits per heavy atom. The second-order valence-corrected chi connectivity index (χ2v) is 5.96. The molecule has 0 amide bonds. The molecule has 5 nitrogen and oxygen atoms in total. The fourth-order valence-electron chi connectivity index (χ4n) is 2.66. The van der Waals surface area contributed by atoms with Crippen LogP contribution in [-0.4, -0.2) is 32.1 Å². The number of hydrogen-bond acceptors (Lipinski definition) is 5. The third-order valence-electron chi connectivity index (χ3n) is 4.09. The molecule has 0 aliphatic carbocycles. The van der Waals surface area contributed by atoms with Gasteiger partial charge in [-0.25, -0.2) is 4.79 Å². The molecule has 0 fully saturated rings. The monoisotopic (exact) mass is 376 g/mol. The van der Waals surface area contributed by atoms with Crippen LogP contribution in [0.25, 0.3) is 11.1 Å². The minimum Gasteiger partial charge on any atom is -0.496 e. The highest BCUT2D eigenvalue weighted by Crippen LogP contribution is 2.22. The topological polar surface area (TPSA) is 61.8 Å². The van der Waals surface area contributed by atoms with Gasteiger partial charge in [-0.15, -0.1) is 0 Å². The summed E-state index contributed by atoms with van der Waals surface area (Å²) in [5.74, 6) is 0.0411. The van der Waals surface area contributed by atoms with Gasteiger partial charge in [-0.3, -0.25) is 4.79 Å². The van der Waals surface area contributed by atoms with Crippen LogP contribution >= 0.6 is 0 Å². The summed E-state index contributed by atoms with van der Waals surface area (Å²) in [5.41, 5.74) is 2.52. The maximum Gasteiger partial charge on any atom is 0.344 e. The average molecular weight is 376 g/mol. The largest absolute Gasteiger partial charge is 0.496 e. The SMILES string of the molecule is COc1ccccc1C(=O)COC(=O)COc1ccc(-c2ccccc2)cc1. The number of ether oxygens (including phenoxy) is 3. The number of carbonyl (C=O) groups excluding carboxylic acids is 2. The Labute approximate surface area is 163 Å². The predicted octanol–water partition coefficient (Wildman–Crippen LogP) is 4.17. The summed E-state index contributed by atoms with van der Waals surface area (Å²) in [5, 5.41) is 0. The fraction of sp³-hybridized carbons (Fsp3) is 0.130. The molecular formula is C23H20O5. The molecule has 0 saturated heterocycles. The molecule has 0 atom stereocenters. The van der Waals surface area contributed by atoms with Crippen LogP contribution in [-0.2, 0) is 9.53 Å². The van der Waals surface area contributed by atoms with Crippen molar-refractivity contribution in [2.75, 3.05) is 20.3 Å². The Morgan fingerprint density at radius 1 is 0.750 bits per heavy atom. The van der Waals surface area contributed by atoms with Crippen molar-refractivity contribution in [3.63, 3.8) is 0 Å². The highest BCUT2D eigenvalue weighted by molar-refractivity contribution is 6.00. The van der Waals surface area contributed by atoms with Gasteiger partial charge in [-0.1, -0.05) is 54.6 Å². The van der Waals surface area contributed by atoms with Crippen LogP contribution in [0.1, 0.15) is 10.4 Å². The molecule has 0 bridgehead atoms. The first-order chi connectivity index (χ1) is 13.7. The average Bonchev–Trinajstić information content (AvgIpc) is 2.77. The number of esters is 1. The van der Waals surface area contributed by atoms with Crippen molar-refractivity contribution in [2.45, 2.75) is 0 Å². The fourth-order valence-corrected chi connectivity index (χ4v) is 2.66. The number of methoxy groups -OCH3 is 1. The third kappa shape index (κ3) is 4.98. The van der Waals surface area contributed by atoms with E-state index in [0.717, 1.165) is 11.1 Å². The minimum atomic E-state index is -0.615. The van der Waals surface area contributed by atoms with Gasteiger partial charge in [0.1, 0.15) is 11.5 Å². The zero-order chi connectivity index (χ0) is 19.8. The molecular weight excluding hydrogens is 356 g/mol. The summed E-state index contributed by atoms with van der Waals surface area (Å²) in [4.78, 5) is 24.0. The van der Waals surface area contributed by atoms with E-state index in [1.165, 1.54) is 7.11 Å². The van der Waals surface area contributed by atoms with Crippen LogP contribution < -0.4 is 9.47 Å². The molecule has 5 heteroatoms. The first kappa shape index (κ1) is 19.2. The van der Waals surface area contributed by atoms with E-state index in [2.05, 4.69) is 0 Å². The lowest BCUT2D eigenvalue weighted by molar-refractivity contribution is -0.144. The second-order valence-electron chi connectivity index (χ2n) is 5.96. The molecule has 142 valence electrons. The number of para-hydroxylation sites is 1. The van der Waals surface area contributed by atoms with Gasteiger partial charge < -0.3 is 14.2 Å². The standard InChI is InChI=1S/C23H20O5/c1-26-22-10-6-5-9-20(22)21(24)15-28-23(25)16-27-19-13-11-18(12-14-19)17-7-3-2-4-8-17/h2-14H,15-16H2,1H3. The Hall–Kier alpha value is -3.60. The summed E-state index contributed by atoms with van der Waals surface area (Å²) in [6, 6.07) is 24.1. The highest BCUT2D eigenvalue weighted by Gasteiger charge is 2.14. The maximum atomic E-state index is 12.2. The van der Waals surface area contributed by atoms with Crippen LogP contribution in [0, 0.1) is 0 Å². The molecule has 0 spiro atoms. The first-order valence-electron chi connectivity index (χ1n) is 8.77. The van der Waals surface area contributed by atoms with Gasteiger partial charge in [-0.05, 0) is 35.4 Å². The van der Waals surface area contributed by atoms with Gasteiger partial charge in [0, 0.05) is 0 Å². The molecule has 0 saturated carbocycles. The number of rotatable bonds is 8. The zero-order valence-electron chi connectivity index (χ0n) is 15.5. The van der Waals surface area contributed by atoms with Crippen molar-refractivity contribution in [2.24, 2.45) is 0 Å². The van der Waals surface area contributed by atoms with E-state index >= 15 is 0 Å². The van der Waals surface area contributed by atoms with Crippen molar-refractivity contribution in [1.82, 2.24) is 0 Å². The Balaban J connectivity index is 1.48. The molecule has 3 aromatic carbocycles. The molecule has 0 aromatic heterocycles. The quantitative estimate of drug-likeness (QED) is 0.436. The molecule has 0 radical (unpaired) electrons. The van der Waals surface area contributed by atoms with E-state index in [-0.39, 0.29) is 19.0 Å². The Kier molecular flexibility index (Phi) is 6.41. The lowest BCUT2D eigenvalue weighted by Crippen LogP contribution is -2.19. The summed E-state index contributed by atoms with van der Waals surface area (Å²) >= 11 is 0. The van der Waals surface area contributed by atoms with Crippen molar-refractivity contribution in [3.05, 3.63) is 84.4 Å². The summed E-state index contributed by atoms with van der Waals surface area (Å²) in [6.45, 7) is -0.639. The number of carbonyl (C=O) groups is 2. The lowest BCUT2D eigenvalue weighted by atomic mass is 10.1. The summed E-state index contributed by atoms with van der Waals surface area (Å²) in [6.07, 6.45) is 0. The van der Waals surface area contributed by atoms with Crippen molar-refractivity contribution >= 4 is 11.8 Å². The van der Waals surface area contributed by atoms with Gasteiger partial charge in [0.25, 0.3) is 0 Å². The van der Waals surface area contributed by atoms with Crippen LogP contribution in [0.4, 0.5) is 0 Å². The maximum absolute atomic E-state index is 12.2. The third-order valence-corrected chi connectivity index (χ3v) is 4.09. The molecule has 0 unspecified atom stereocenters. The van der Waals surface area contributed by atoms with E-state index < -0.39 is 5.97 Å². The molecule has 0 heterocycles. The summed E-state index contributed by atoms with van der Waals surface area (Å²) in [7, 11) is 1.48. The number of Topliss-reactive ketones (excluding diaryl/α,β-unsaturated/α-hetero) is 1. The molecule has 0 aliphatic rings. The van der Waals surface area contributed by atoms with E-state index in [1.807, 2.05) is 42.5 Å². The van der Waals surface area contributed by atoms with Crippen molar-refractivity contribution < 1.29 is 23.8 Å². The van der Waals surface area contributed by atoms with Gasteiger partial charge in [0.2, 0.25) is 5.78 Å². The van der Waals surface area contributed by atoms with Crippen molar-refractivity contribution in [1.29, 1.82) is 0 Å². The molecule has 3 aromatic rings. The van der Waals surface area contributed by atoms with E-state index in [0.29, 0.717) is 17.1 Å². The number of benzene rings is 3. The second kappa shape index (κ2) is 9.37. The van der Waals surface area contributed by atoms with Crippen LogP contribution in [0.3, 0.4) is 0 Å². The normalized spacial score (nSPS) is 10.2. The molecule has 0 aliphatic heterocycles. The van der Waals surface area contributed by atoms with E-state index in [4.69, 9.17) is 14.2 Å². The zero-order valence-corrected chi connectivity index (χ0v) is 15.5. The van der Waals surface area contributed by atoms with Gasteiger partial charge >= 0.3 is 5.97 Å². The lowest BCUT2D eigenvalue weighted by Gasteiger charge is -2.09.